The number of nitrogens with zero attached hydrogens (tertiary/aromatic N) is 3. The number of fused-ring (bicyclic) bond motifs is 1. The summed E-state index contributed by atoms with van der Waals surface area (Å²) in [6, 6.07) is 8.29. The molecule has 7 heteroatoms. The largest absolute Gasteiger partial charge is 0.494 e. The van der Waals surface area contributed by atoms with Crippen molar-refractivity contribution in [1.82, 2.24) is 14.9 Å². The van der Waals surface area contributed by atoms with E-state index in [-0.39, 0.29) is 11.4 Å². The summed E-state index contributed by atoms with van der Waals surface area (Å²) in [7, 11) is 0. The predicted octanol–water partition coefficient (Wildman–Crippen LogP) is 4.91. The molecule has 2 fully saturated rings. The van der Waals surface area contributed by atoms with Crippen LogP contribution >= 0.6 is 0 Å². The summed E-state index contributed by atoms with van der Waals surface area (Å²) >= 11 is 0. The van der Waals surface area contributed by atoms with E-state index in [0.717, 1.165) is 44.6 Å². The Bertz CT molecular complexity index is 1130. The molecule has 168 valence electrons. The molecule has 1 aliphatic carbocycles. The maximum absolute atomic E-state index is 13.6. The van der Waals surface area contributed by atoms with Crippen molar-refractivity contribution < 1.29 is 13.9 Å². The molecule has 3 aromatic rings. The van der Waals surface area contributed by atoms with E-state index in [1.54, 1.807) is 0 Å². The highest BCUT2D eigenvalue weighted by atomic mass is 16.5. The highest BCUT2D eigenvalue weighted by Gasteiger charge is 2.39. The minimum Gasteiger partial charge on any atom is -0.494 e. The normalized spacial score (nSPS) is 19.3. The molecule has 3 heterocycles. The van der Waals surface area contributed by atoms with Crippen molar-refractivity contribution in [3.63, 3.8) is 0 Å². The quantitative estimate of drug-likeness (QED) is 0.569. The van der Waals surface area contributed by atoms with E-state index < -0.39 is 0 Å². The van der Waals surface area contributed by atoms with Crippen LogP contribution in [0, 0.1) is 6.92 Å². The summed E-state index contributed by atoms with van der Waals surface area (Å²) in [5, 5.41) is 4.19. The number of rotatable bonds is 7. The van der Waals surface area contributed by atoms with Crippen LogP contribution in [0.3, 0.4) is 0 Å². The van der Waals surface area contributed by atoms with Crippen LogP contribution in [0.4, 0.5) is 5.82 Å². The van der Waals surface area contributed by atoms with Gasteiger partial charge < -0.3 is 19.4 Å². The lowest BCUT2D eigenvalue weighted by molar-refractivity contribution is 0.0790. The lowest BCUT2D eigenvalue weighted by atomic mass is 9.98. The van der Waals surface area contributed by atoms with Crippen LogP contribution in [0.2, 0.25) is 0 Å². The van der Waals surface area contributed by atoms with Crippen LogP contribution < -0.4 is 10.1 Å². The Hall–Kier alpha value is -3.09. The van der Waals surface area contributed by atoms with Gasteiger partial charge in [-0.15, -0.1) is 0 Å². The maximum Gasteiger partial charge on any atom is 0.258 e. The second-order valence-electron chi connectivity index (χ2n) is 9.28. The van der Waals surface area contributed by atoms with Gasteiger partial charge in [0, 0.05) is 24.5 Å². The second kappa shape index (κ2) is 8.11. The third-order valence-electron chi connectivity index (χ3n) is 6.60. The minimum atomic E-state index is -0.00884. The van der Waals surface area contributed by atoms with E-state index in [1.165, 1.54) is 11.9 Å². The summed E-state index contributed by atoms with van der Waals surface area (Å²) in [5.41, 5.74) is 2.33. The highest BCUT2D eigenvalue weighted by molar-refractivity contribution is 6.10. The van der Waals surface area contributed by atoms with Gasteiger partial charge in [0.25, 0.3) is 5.91 Å². The third kappa shape index (κ3) is 3.92. The van der Waals surface area contributed by atoms with Crippen molar-refractivity contribution in [2.24, 2.45) is 0 Å². The molecule has 2 aliphatic rings. The van der Waals surface area contributed by atoms with Crippen LogP contribution in [0.15, 0.2) is 35.0 Å². The fourth-order valence-corrected chi connectivity index (χ4v) is 4.43. The maximum atomic E-state index is 13.6. The van der Waals surface area contributed by atoms with Gasteiger partial charge in [0.15, 0.2) is 0 Å². The number of hydrogen-bond acceptors (Lipinski definition) is 6. The number of ether oxygens (including phenoxy) is 1. The van der Waals surface area contributed by atoms with Crippen molar-refractivity contribution >= 4 is 22.8 Å². The molecule has 0 spiro atoms. The molecule has 1 saturated carbocycles. The van der Waals surface area contributed by atoms with Gasteiger partial charge in [-0.05, 0) is 57.2 Å². The summed E-state index contributed by atoms with van der Waals surface area (Å²) in [4.78, 5) is 24.2. The molecule has 1 aliphatic heterocycles. The Morgan fingerprint density at radius 3 is 2.78 bits per heavy atom. The van der Waals surface area contributed by atoms with Gasteiger partial charge in [0.05, 0.1) is 17.6 Å². The zero-order valence-corrected chi connectivity index (χ0v) is 19.0. The van der Waals surface area contributed by atoms with Crippen LogP contribution in [-0.4, -0.2) is 46.0 Å². The van der Waals surface area contributed by atoms with Gasteiger partial charge >= 0.3 is 0 Å². The zero-order valence-electron chi connectivity index (χ0n) is 19.0. The number of benzene rings is 1. The third-order valence-corrected chi connectivity index (χ3v) is 6.60. The lowest BCUT2D eigenvalue weighted by Gasteiger charge is -2.18. The lowest BCUT2D eigenvalue weighted by Crippen LogP contribution is -2.29. The molecule has 1 aromatic carbocycles. The molecule has 32 heavy (non-hydrogen) atoms. The van der Waals surface area contributed by atoms with Crippen LogP contribution in [-0.2, 0) is 0 Å². The number of amides is 1. The van der Waals surface area contributed by atoms with E-state index >= 15 is 0 Å². The van der Waals surface area contributed by atoms with Gasteiger partial charge in [-0.25, -0.2) is 9.97 Å². The number of carbonyl (C=O) groups excluding carboxylic acids is 1. The fourth-order valence-electron chi connectivity index (χ4n) is 4.43. The molecule has 1 unspecified atom stereocenters. The van der Waals surface area contributed by atoms with Gasteiger partial charge in [-0.2, -0.15) is 0 Å². The number of furan rings is 1. The summed E-state index contributed by atoms with van der Waals surface area (Å²) < 4.78 is 11.6. The van der Waals surface area contributed by atoms with E-state index in [4.69, 9.17) is 9.15 Å². The fraction of sp³-hybridized carbons (Fsp3) is 0.480. The number of hydrogen-bond donors (Lipinski definition) is 1. The van der Waals surface area contributed by atoms with Crippen molar-refractivity contribution in [2.75, 3.05) is 25.0 Å². The number of carbonyl (C=O) groups is 1. The summed E-state index contributed by atoms with van der Waals surface area (Å²) in [6.07, 6.45) is 5.61. The van der Waals surface area contributed by atoms with E-state index in [9.17, 15) is 4.79 Å². The molecule has 5 rings (SSSR count). The summed E-state index contributed by atoms with van der Waals surface area (Å²) in [5.74, 6) is 2.48. The van der Waals surface area contributed by atoms with Gasteiger partial charge in [0.1, 0.15) is 23.7 Å². The topological polar surface area (TPSA) is 80.5 Å². The molecule has 1 saturated heterocycles. The molecular formula is C25H30N4O3. The molecule has 0 radical (unpaired) electrons. The molecule has 1 amide bonds. The van der Waals surface area contributed by atoms with Crippen molar-refractivity contribution in [3.8, 4) is 5.75 Å². The number of anilines is 1. The van der Waals surface area contributed by atoms with Crippen molar-refractivity contribution in [3.05, 3.63) is 47.5 Å². The number of aromatic nitrogens is 2. The monoisotopic (exact) mass is 434 g/mol. The predicted molar refractivity (Wildman–Crippen MR) is 123 cm³/mol. The first-order valence-electron chi connectivity index (χ1n) is 11.5. The first kappa shape index (κ1) is 20.8. The Kier molecular flexibility index (Phi) is 5.27. The molecule has 0 bridgehead atoms. The number of aryl methyl sites for hydroxylation is 1. The first-order valence-corrected chi connectivity index (χ1v) is 11.5. The van der Waals surface area contributed by atoms with Gasteiger partial charge in [-0.3, -0.25) is 4.79 Å². The SMILES string of the molecule is CCCOc1ccc(C2CCN(C(=O)c3c(C)oc4ncnc(NC5(C)CC5)c34)C2)cc1. The Morgan fingerprint density at radius 1 is 1.28 bits per heavy atom. The first-order chi connectivity index (χ1) is 15.5. The molecule has 1 N–H and O–H groups in total. The number of nitrogens with one attached hydrogen (secondary N) is 1. The van der Waals surface area contributed by atoms with Crippen molar-refractivity contribution in [1.29, 1.82) is 0 Å². The van der Waals surface area contributed by atoms with Crippen LogP contribution in [0.1, 0.15) is 67.1 Å². The molecular weight excluding hydrogens is 404 g/mol. The minimum absolute atomic E-state index is 0.00884. The van der Waals surface area contributed by atoms with Gasteiger partial charge in [0.2, 0.25) is 5.71 Å². The second-order valence-corrected chi connectivity index (χ2v) is 9.28. The smallest absolute Gasteiger partial charge is 0.258 e. The van der Waals surface area contributed by atoms with E-state index in [1.807, 2.05) is 24.0 Å². The van der Waals surface area contributed by atoms with Crippen LogP contribution in [0.25, 0.3) is 11.1 Å². The standard InChI is InChI=1S/C25H30N4O3/c1-4-13-31-19-7-5-17(6-8-19)18-9-12-29(14-18)24(30)20-16(2)32-23-21(20)22(26-15-27-23)28-25(3)10-11-25/h5-8,15,18H,4,9-14H2,1-3H3,(H,26,27,28). The Balaban J connectivity index is 1.36. The Morgan fingerprint density at radius 2 is 2.06 bits per heavy atom. The van der Waals surface area contributed by atoms with Crippen LogP contribution in [0.5, 0.6) is 5.75 Å². The number of likely N-dealkylation sites (tertiary alicyclic amines) is 1. The Labute approximate surface area is 188 Å². The van der Waals surface area contributed by atoms with Gasteiger partial charge in [-0.1, -0.05) is 19.1 Å². The average Bonchev–Trinajstić information content (AvgIpc) is 3.19. The molecule has 7 nitrogen and oxygen atoms in total. The molecule has 1 atom stereocenters. The van der Waals surface area contributed by atoms with E-state index in [0.29, 0.717) is 40.7 Å². The van der Waals surface area contributed by atoms with Crippen molar-refractivity contribution in [2.45, 2.75) is 57.9 Å². The summed E-state index contributed by atoms with van der Waals surface area (Å²) in [6.45, 7) is 8.23. The average molecular weight is 435 g/mol. The van der Waals surface area contributed by atoms with E-state index in [2.05, 4.69) is 41.3 Å². The molecule has 2 aromatic heterocycles. The zero-order chi connectivity index (χ0) is 22.3. The highest BCUT2D eigenvalue weighted by Crippen LogP contribution is 2.40.